The largest absolute Gasteiger partial charge is 0.497 e. The van der Waals surface area contributed by atoms with E-state index in [0.29, 0.717) is 31.7 Å². The standard InChI is InChI=1S/C31H40N4O5/c1-21(36)7-5-4-6-8-29(31(38)33-23-9-11-24(12-10-23)35-15-17-40-18-16-35)34-30(37)20-26-22(2)32-28-14-13-25(39-3)19-27(26)28/h9-14,19,29,32H,4-8,15-18,20H2,1-3H3,(H,33,38)(H,34,37)/t29-/m0/s1. The number of hydrogen-bond donors (Lipinski definition) is 3. The van der Waals surface area contributed by atoms with Crippen molar-refractivity contribution in [3.63, 3.8) is 0 Å². The summed E-state index contributed by atoms with van der Waals surface area (Å²) in [6.07, 6.45) is 3.47. The molecule has 1 aliphatic heterocycles. The topological polar surface area (TPSA) is 113 Å². The molecule has 0 bridgehead atoms. The number of Topliss-reactive ketones (excluding diaryl/α,β-unsaturated/α-hetero) is 1. The molecule has 0 unspecified atom stereocenters. The first-order valence-corrected chi connectivity index (χ1v) is 14.0. The maximum absolute atomic E-state index is 13.3. The SMILES string of the molecule is COc1ccc2[nH]c(C)c(CC(=O)N[C@@H](CCCCCC(C)=O)C(=O)Nc3ccc(N4CCOCC4)cc3)c2c1. The van der Waals surface area contributed by atoms with Crippen molar-refractivity contribution in [1.82, 2.24) is 10.3 Å². The number of fused-ring (bicyclic) bond motifs is 1. The van der Waals surface area contributed by atoms with Crippen molar-refractivity contribution >= 4 is 39.9 Å². The Hall–Kier alpha value is -3.85. The van der Waals surface area contributed by atoms with Gasteiger partial charge in [0.05, 0.1) is 26.7 Å². The van der Waals surface area contributed by atoms with Gasteiger partial charge in [0.15, 0.2) is 0 Å². The second kappa shape index (κ2) is 14.0. The number of nitrogens with zero attached hydrogens (tertiary/aromatic N) is 1. The van der Waals surface area contributed by atoms with E-state index < -0.39 is 6.04 Å². The van der Waals surface area contributed by atoms with Gasteiger partial charge in [-0.2, -0.15) is 0 Å². The van der Waals surface area contributed by atoms with Gasteiger partial charge in [-0.1, -0.05) is 12.8 Å². The summed E-state index contributed by atoms with van der Waals surface area (Å²) in [6, 6.07) is 12.8. The average molecular weight is 549 g/mol. The molecule has 9 heteroatoms. The molecule has 1 aromatic heterocycles. The number of aromatic nitrogens is 1. The van der Waals surface area contributed by atoms with E-state index in [1.807, 2.05) is 49.4 Å². The molecule has 9 nitrogen and oxygen atoms in total. The zero-order chi connectivity index (χ0) is 28.5. The number of unbranched alkanes of at least 4 members (excludes halogenated alkanes) is 2. The number of hydrogen-bond acceptors (Lipinski definition) is 6. The third-order valence-corrected chi connectivity index (χ3v) is 7.35. The fourth-order valence-corrected chi connectivity index (χ4v) is 5.10. The van der Waals surface area contributed by atoms with Crippen LogP contribution in [0.2, 0.25) is 0 Å². The number of morpholine rings is 1. The van der Waals surface area contributed by atoms with Gasteiger partial charge in [-0.05, 0) is 74.7 Å². The Labute approximate surface area is 235 Å². The maximum Gasteiger partial charge on any atom is 0.246 e. The zero-order valence-electron chi connectivity index (χ0n) is 23.7. The summed E-state index contributed by atoms with van der Waals surface area (Å²) in [5, 5.41) is 6.88. The number of anilines is 2. The summed E-state index contributed by atoms with van der Waals surface area (Å²) in [5.74, 6) is 0.402. The first-order chi connectivity index (χ1) is 19.3. The van der Waals surface area contributed by atoms with Gasteiger partial charge in [0.1, 0.15) is 17.6 Å². The number of ketones is 1. The van der Waals surface area contributed by atoms with Crippen LogP contribution in [0.15, 0.2) is 42.5 Å². The van der Waals surface area contributed by atoms with Crippen LogP contribution in [-0.4, -0.2) is 62.0 Å². The van der Waals surface area contributed by atoms with Gasteiger partial charge in [-0.25, -0.2) is 0 Å². The van der Waals surface area contributed by atoms with Gasteiger partial charge in [0.2, 0.25) is 11.8 Å². The van der Waals surface area contributed by atoms with Crippen molar-refractivity contribution in [2.75, 3.05) is 43.6 Å². The molecule has 1 aliphatic rings. The molecule has 0 aliphatic carbocycles. The number of benzene rings is 2. The fourth-order valence-electron chi connectivity index (χ4n) is 5.10. The van der Waals surface area contributed by atoms with Gasteiger partial charge in [0.25, 0.3) is 0 Å². The van der Waals surface area contributed by atoms with Crippen molar-refractivity contribution in [3.8, 4) is 5.75 Å². The molecular formula is C31H40N4O5. The lowest BCUT2D eigenvalue weighted by molar-refractivity contribution is -0.126. The molecule has 0 radical (unpaired) electrons. The summed E-state index contributed by atoms with van der Waals surface area (Å²) in [7, 11) is 1.61. The molecule has 1 saturated heterocycles. The highest BCUT2D eigenvalue weighted by Crippen LogP contribution is 2.27. The number of ether oxygens (including phenoxy) is 2. The van der Waals surface area contributed by atoms with Crippen LogP contribution in [-0.2, 0) is 25.5 Å². The van der Waals surface area contributed by atoms with E-state index in [-0.39, 0.29) is 24.0 Å². The predicted molar refractivity (Wildman–Crippen MR) is 157 cm³/mol. The molecule has 214 valence electrons. The molecule has 40 heavy (non-hydrogen) atoms. The third-order valence-electron chi connectivity index (χ3n) is 7.35. The van der Waals surface area contributed by atoms with E-state index >= 15 is 0 Å². The molecule has 2 aromatic carbocycles. The lowest BCUT2D eigenvalue weighted by atomic mass is 10.0. The van der Waals surface area contributed by atoms with Crippen LogP contribution in [0.5, 0.6) is 5.75 Å². The minimum Gasteiger partial charge on any atom is -0.497 e. The highest BCUT2D eigenvalue weighted by molar-refractivity contribution is 5.98. The second-order valence-electron chi connectivity index (χ2n) is 10.4. The molecule has 2 heterocycles. The lowest BCUT2D eigenvalue weighted by Gasteiger charge is -2.29. The monoisotopic (exact) mass is 548 g/mol. The van der Waals surface area contributed by atoms with Gasteiger partial charge in [-0.3, -0.25) is 9.59 Å². The highest BCUT2D eigenvalue weighted by atomic mass is 16.5. The molecule has 1 fully saturated rings. The van der Waals surface area contributed by atoms with Gasteiger partial charge in [-0.15, -0.1) is 0 Å². The van der Waals surface area contributed by atoms with E-state index in [2.05, 4.69) is 20.5 Å². The molecule has 3 aromatic rings. The van der Waals surface area contributed by atoms with Crippen molar-refractivity contribution in [2.45, 2.75) is 58.4 Å². The quantitative estimate of drug-likeness (QED) is 0.271. The number of aryl methyl sites for hydroxylation is 1. The molecule has 3 N–H and O–H groups in total. The van der Waals surface area contributed by atoms with E-state index in [4.69, 9.17) is 9.47 Å². The average Bonchev–Trinajstić information content (AvgIpc) is 3.26. The van der Waals surface area contributed by atoms with Crippen LogP contribution in [0.4, 0.5) is 11.4 Å². The predicted octanol–water partition coefficient (Wildman–Crippen LogP) is 4.53. The number of H-pyrrole nitrogens is 1. The summed E-state index contributed by atoms with van der Waals surface area (Å²) in [5.41, 5.74) is 4.48. The normalized spacial score (nSPS) is 14.1. The summed E-state index contributed by atoms with van der Waals surface area (Å²) in [4.78, 5) is 43.4. The molecule has 0 spiro atoms. The first-order valence-electron chi connectivity index (χ1n) is 14.0. The van der Waals surface area contributed by atoms with Gasteiger partial charge in [0, 0.05) is 47.5 Å². The Morgan fingerprint density at radius 3 is 2.50 bits per heavy atom. The van der Waals surface area contributed by atoms with E-state index in [0.717, 1.165) is 65.9 Å². The van der Waals surface area contributed by atoms with Crippen LogP contribution in [0.25, 0.3) is 10.9 Å². The lowest BCUT2D eigenvalue weighted by Crippen LogP contribution is -2.44. The number of rotatable bonds is 13. The zero-order valence-corrected chi connectivity index (χ0v) is 23.7. The number of carbonyl (C=O) groups excluding carboxylic acids is 3. The molecule has 2 amide bonds. The summed E-state index contributed by atoms with van der Waals surface area (Å²) >= 11 is 0. The molecular weight excluding hydrogens is 508 g/mol. The molecule has 4 rings (SSSR count). The molecule has 1 atom stereocenters. The van der Waals surface area contributed by atoms with E-state index in [1.165, 1.54) is 0 Å². The van der Waals surface area contributed by atoms with Crippen molar-refractivity contribution in [1.29, 1.82) is 0 Å². The summed E-state index contributed by atoms with van der Waals surface area (Å²) < 4.78 is 10.8. The first kappa shape index (κ1) is 29.1. The third kappa shape index (κ3) is 7.85. The van der Waals surface area contributed by atoms with Crippen molar-refractivity contribution in [3.05, 3.63) is 53.7 Å². The number of carbonyl (C=O) groups is 3. The number of amides is 2. The van der Waals surface area contributed by atoms with Crippen molar-refractivity contribution < 1.29 is 23.9 Å². The van der Waals surface area contributed by atoms with Gasteiger partial charge >= 0.3 is 0 Å². The maximum atomic E-state index is 13.3. The van der Waals surface area contributed by atoms with Crippen LogP contribution in [0.3, 0.4) is 0 Å². The van der Waals surface area contributed by atoms with Crippen LogP contribution in [0, 0.1) is 6.92 Å². The number of aromatic amines is 1. The number of methoxy groups -OCH3 is 1. The Kier molecular flexibility index (Phi) is 10.2. The van der Waals surface area contributed by atoms with Gasteiger partial charge < -0.3 is 34.8 Å². The smallest absolute Gasteiger partial charge is 0.246 e. The van der Waals surface area contributed by atoms with Crippen LogP contribution < -0.4 is 20.3 Å². The Balaban J connectivity index is 1.42. The van der Waals surface area contributed by atoms with Crippen LogP contribution >= 0.6 is 0 Å². The fraction of sp³-hybridized carbons (Fsp3) is 0.452. The number of nitrogens with one attached hydrogen (secondary N) is 3. The minimum atomic E-state index is -0.691. The van der Waals surface area contributed by atoms with Crippen molar-refractivity contribution in [2.24, 2.45) is 0 Å². The minimum absolute atomic E-state index is 0.140. The highest BCUT2D eigenvalue weighted by Gasteiger charge is 2.22. The Morgan fingerprint density at radius 2 is 1.80 bits per heavy atom. The second-order valence-corrected chi connectivity index (χ2v) is 10.4. The Morgan fingerprint density at radius 1 is 1.05 bits per heavy atom. The van der Waals surface area contributed by atoms with E-state index in [9.17, 15) is 14.4 Å². The summed E-state index contributed by atoms with van der Waals surface area (Å²) in [6.45, 7) is 6.62. The van der Waals surface area contributed by atoms with E-state index in [1.54, 1.807) is 14.0 Å². The Bertz CT molecular complexity index is 1310. The van der Waals surface area contributed by atoms with Crippen LogP contribution in [0.1, 0.15) is 50.3 Å². The molecule has 0 saturated carbocycles.